The van der Waals surface area contributed by atoms with Crippen LogP contribution in [0.5, 0.6) is 0 Å². The first-order chi connectivity index (χ1) is 12.9. The van der Waals surface area contributed by atoms with Gasteiger partial charge in [0.25, 0.3) is 0 Å². The molecule has 0 bridgehead atoms. The van der Waals surface area contributed by atoms with E-state index in [1.54, 1.807) is 18.5 Å². The van der Waals surface area contributed by atoms with Crippen molar-refractivity contribution in [3.05, 3.63) is 66.2 Å². The van der Waals surface area contributed by atoms with E-state index in [2.05, 4.69) is 17.1 Å². The van der Waals surface area contributed by atoms with Crippen molar-refractivity contribution in [2.45, 2.75) is 32.9 Å². The molecule has 0 aliphatic carbocycles. The number of hydrogen-bond acceptors (Lipinski definition) is 4. The summed E-state index contributed by atoms with van der Waals surface area (Å²) in [7, 11) is 0. The van der Waals surface area contributed by atoms with Crippen molar-refractivity contribution < 1.29 is 5.11 Å². The average Bonchev–Trinajstić information content (AvgIpc) is 3.01. The summed E-state index contributed by atoms with van der Waals surface area (Å²) < 4.78 is 1.76. The topological polar surface area (TPSA) is 63.8 Å². The van der Waals surface area contributed by atoms with Gasteiger partial charge in [0.1, 0.15) is 5.69 Å². The van der Waals surface area contributed by atoms with Crippen molar-refractivity contribution in [3.63, 3.8) is 0 Å². The van der Waals surface area contributed by atoms with Crippen molar-refractivity contribution in [1.82, 2.24) is 20.0 Å². The van der Waals surface area contributed by atoms with E-state index in [0.29, 0.717) is 12.2 Å². The fraction of sp³-hybridized carbons (Fsp3) is 0.227. The molecule has 2 aromatic carbocycles. The second-order valence-electron chi connectivity index (χ2n) is 7.42. The summed E-state index contributed by atoms with van der Waals surface area (Å²) in [5.41, 5.74) is 4.58. The normalized spacial score (nSPS) is 11.4. The summed E-state index contributed by atoms with van der Waals surface area (Å²) in [6, 6.07) is 20.1. The van der Waals surface area contributed by atoms with Gasteiger partial charge >= 0.3 is 0 Å². The van der Waals surface area contributed by atoms with Gasteiger partial charge in [-0.05, 0) is 26.3 Å². The lowest BCUT2D eigenvalue weighted by Crippen LogP contribution is -2.26. The van der Waals surface area contributed by atoms with E-state index < -0.39 is 5.60 Å². The maximum absolute atomic E-state index is 10.3. The molecule has 5 nitrogen and oxygen atoms in total. The van der Waals surface area contributed by atoms with Gasteiger partial charge in [0.2, 0.25) is 0 Å². The molecule has 0 saturated heterocycles. The first-order valence-electron chi connectivity index (χ1n) is 9.01. The van der Waals surface area contributed by atoms with Crippen LogP contribution in [-0.4, -0.2) is 30.7 Å². The maximum atomic E-state index is 10.3. The van der Waals surface area contributed by atoms with Gasteiger partial charge in [-0.15, -0.1) is 22.6 Å². The third-order valence-electron chi connectivity index (χ3n) is 4.53. The summed E-state index contributed by atoms with van der Waals surface area (Å²) in [5.74, 6) is 0. The second kappa shape index (κ2) is 7.70. The van der Waals surface area contributed by atoms with Crippen molar-refractivity contribution in [2.75, 3.05) is 0 Å². The number of aliphatic hydroxyl groups is 1. The Morgan fingerprint density at radius 1 is 0.857 bits per heavy atom. The van der Waals surface area contributed by atoms with E-state index in [1.807, 2.05) is 60.7 Å². The van der Waals surface area contributed by atoms with Gasteiger partial charge in [-0.3, -0.25) is 0 Å². The zero-order valence-corrected chi connectivity index (χ0v) is 16.9. The Kier molecular flexibility index (Phi) is 5.49. The molecule has 2 heterocycles. The van der Waals surface area contributed by atoms with Crippen LogP contribution in [-0.2, 0) is 6.54 Å². The predicted molar refractivity (Wildman–Crippen MR) is 114 cm³/mol. The molecule has 144 valence electrons. The number of aromatic nitrogens is 4. The molecule has 4 aromatic rings. The van der Waals surface area contributed by atoms with Crippen LogP contribution in [0.2, 0.25) is 0 Å². The van der Waals surface area contributed by atoms with Crippen LogP contribution in [0.4, 0.5) is 0 Å². The molecule has 28 heavy (non-hydrogen) atoms. The standard InChI is InChI=1S/C22H22N4O.ClH/c1-15-18-20(17-12-8-5-9-13-17)25-26(14-22(2,3)27)21(18)24-23-19(15)16-10-6-4-7-11-16;/h4-13,27H,14H2,1-3H3;1H. The van der Waals surface area contributed by atoms with Gasteiger partial charge in [-0.25, -0.2) is 4.68 Å². The molecule has 0 saturated carbocycles. The number of hydrogen-bond donors (Lipinski definition) is 1. The lowest BCUT2D eigenvalue weighted by atomic mass is 10.0. The maximum Gasteiger partial charge on any atom is 0.181 e. The third-order valence-corrected chi connectivity index (χ3v) is 4.53. The summed E-state index contributed by atoms with van der Waals surface area (Å²) >= 11 is 0. The summed E-state index contributed by atoms with van der Waals surface area (Å²) in [5, 5.41) is 25.0. The Morgan fingerprint density at radius 2 is 1.39 bits per heavy atom. The Labute approximate surface area is 170 Å². The SMILES string of the molecule is Cc1c(-c2ccccc2)nnc2c1c(-c1ccccc1)nn2CC(C)(C)O.Cl. The Balaban J connectivity index is 0.00000225. The zero-order valence-electron chi connectivity index (χ0n) is 16.1. The van der Waals surface area contributed by atoms with Crippen molar-refractivity contribution >= 4 is 23.4 Å². The van der Waals surface area contributed by atoms with Crippen molar-refractivity contribution in [2.24, 2.45) is 0 Å². The first-order valence-corrected chi connectivity index (χ1v) is 9.01. The molecule has 4 rings (SSSR count). The molecule has 6 heteroatoms. The second-order valence-corrected chi connectivity index (χ2v) is 7.42. The van der Waals surface area contributed by atoms with Gasteiger partial charge in [0, 0.05) is 11.1 Å². The van der Waals surface area contributed by atoms with Crippen LogP contribution in [0.15, 0.2) is 60.7 Å². The van der Waals surface area contributed by atoms with Crippen LogP contribution < -0.4 is 0 Å². The van der Waals surface area contributed by atoms with Crippen molar-refractivity contribution in [1.29, 1.82) is 0 Å². The van der Waals surface area contributed by atoms with Gasteiger partial charge in [-0.1, -0.05) is 60.7 Å². The van der Waals surface area contributed by atoms with E-state index in [0.717, 1.165) is 33.5 Å². The number of aryl methyl sites for hydroxylation is 1. The lowest BCUT2D eigenvalue weighted by molar-refractivity contribution is 0.0590. The highest BCUT2D eigenvalue weighted by molar-refractivity contribution is 5.96. The fourth-order valence-corrected chi connectivity index (χ4v) is 3.34. The Hall–Kier alpha value is -2.76. The van der Waals surface area contributed by atoms with E-state index in [1.165, 1.54) is 0 Å². The molecule has 0 aliphatic rings. The number of benzene rings is 2. The molecule has 0 aliphatic heterocycles. The molecular formula is C22H23ClN4O. The van der Waals surface area contributed by atoms with E-state index in [4.69, 9.17) is 5.10 Å². The number of halogens is 1. The van der Waals surface area contributed by atoms with Crippen LogP contribution in [0.1, 0.15) is 19.4 Å². The molecule has 0 spiro atoms. The molecule has 0 amide bonds. The Bertz CT molecular complexity index is 1090. The van der Waals surface area contributed by atoms with Crippen LogP contribution in [0.25, 0.3) is 33.5 Å². The molecule has 0 atom stereocenters. The van der Waals surface area contributed by atoms with E-state index >= 15 is 0 Å². The highest BCUT2D eigenvalue weighted by atomic mass is 35.5. The molecule has 0 fully saturated rings. The minimum atomic E-state index is -0.902. The highest BCUT2D eigenvalue weighted by Crippen LogP contribution is 2.33. The van der Waals surface area contributed by atoms with E-state index in [-0.39, 0.29) is 12.4 Å². The molecule has 1 N–H and O–H groups in total. The third kappa shape index (κ3) is 3.77. The number of rotatable bonds is 4. The molecular weight excluding hydrogens is 372 g/mol. The Morgan fingerprint density at radius 3 is 1.93 bits per heavy atom. The van der Waals surface area contributed by atoms with Crippen LogP contribution >= 0.6 is 12.4 Å². The van der Waals surface area contributed by atoms with Gasteiger partial charge in [-0.2, -0.15) is 5.10 Å². The molecule has 0 radical (unpaired) electrons. The van der Waals surface area contributed by atoms with Crippen LogP contribution in [0.3, 0.4) is 0 Å². The van der Waals surface area contributed by atoms with Gasteiger partial charge in [0.15, 0.2) is 5.65 Å². The van der Waals surface area contributed by atoms with Gasteiger partial charge in [0.05, 0.1) is 23.2 Å². The van der Waals surface area contributed by atoms with Crippen LogP contribution in [0, 0.1) is 6.92 Å². The minimum absolute atomic E-state index is 0. The minimum Gasteiger partial charge on any atom is -0.389 e. The van der Waals surface area contributed by atoms with Gasteiger partial charge < -0.3 is 5.11 Å². The smallest absolute Gasteiger partial charge is 0.181 e. The quantitative estimate of drug-likeness (QED) is 0.546. The summed E-state index contributed by atoms with van der Waals surface area (Å²) in [6.45, 7) is 5.93. The molecule has 0 unspecified atom stereocenters. The fourth-order valence-electron chi connectivity index (χ4n) is 3.34. The summed E-state index contributed by atoms with van der Waals surface area (Å²) in [6.07, 6.45) is 0. The largest absolute Gasteiger partial charge is 0.389 e. The summed E-state index contributed by atoms with van der Waals surface area (Å²) in [4.78, 5) is 0. The predicted octanol–water partition coefficient (Wildman–Crippen LogP) is 4.66. The number of nitrogens with zero attached hydrogens (tertiary/aromatic N) is 4. The first kappa shape index (κ1) is 20.0. The van der Waals surface area contributed by atoms with E-state index in [9.17, 15) is 5.11 Å². The lowest BCUT2D eigenvalue weighted by Gasteiger charge is -2.17. The highest BCUT2D eigenvalue weighted by Gasteiger charge is 2.23. The number of fused-ring (bicyclic) bond motifs is 1. The monoisotopic (exact) mass is 394 g/mol. The van der Waals surface area contributed by atoms with Crippen molar-refractivity contribution in [3.8, 4) is 22.5 Å². The zero-order chi connectivity index (χ0) is 19.0. The molecule has 2 aromatic heterocycles. The average molecular weight is 395 g/mol.